The van der Waals surface area contributed by atoms with E-state index in [4.69, 9.17) is 32.7 Å². The molecule has 146 valence electrons. The fourth-order valence-electron chi connectivity index (χ4n) is 2.48. The van der Waals surface area contributed by atoms with Gasteiger partial charge in [-0.25, -0.2) is 0 Å². The molecule has 2 rings (SSSR count). The number of carbonyl (C=O) groups is 1. The predicted octanol–water partition coefficient (Wildman–Crippen LogP) is 6.14. The van der Waals surface area contributed by atoms with Crippen LogP contribution in [-0.2, 0) is 11.2 Å². The monoisotopic (exact) mass is 409 g/mol. The van der Waals surface area contributed by atoms with E-state index in [2.05, 4.69) is 12.2 Å². The lowest BCUT2D eigenvalue weighted by atomic mass is 10.1. The Morgan fingerprint density at radius 1 is 1.04 bits per heavy atom. The van der Waals surface area contributed by atoms with Gasteiger partial charge in [0, 0.05) is 11.4 Å². The molecule has 0 aliphatic heterocycles. The van der Waals surface area contributed by atoms with Gasteiger partial charge in [-0.05, 0) is 55.7 Å². The van der Waals surface area contributed by atoms with Crippen molar-refractivity contribution in [1.29, 1.82) is 0 Å². The average Bonchev–Trinajstić information content (AvgIpc) is 2.64. The van der Waals surface area contributed by atoms with Crippen LogP contribution in [0.3, 0.4) is 0 Å². The summed E-state index contributed by atoms with van der Waals surface area (Å²) in [6, 6.07) is 10.8. The van der Waals surface area contributed by atoms with Crippen LogP contribution in [0.2, 0.25) is 10.0 Å². The highest BCUT2D eigenvalue weighted by molar-refractivity contribution is 6.36. The van der Waals surface area contributed by atoms with Gasteiger partial charge in [0.15, 0.2) is 11.5 Å². The van der Waals surface area contributed by atoms with Crippen molar-refractivity contribution >= 4 is 34.8 Å². The Morgan fingerprint density at radius 3 is 2.56 bits per heavy atom. The van der Waals surface area contributed by atoms with E-state index >= 15 is 0 Å². The number of aryl methyl sites for hydroxylation is 1. The lowest BCUT2D eigenvalue weighted by molar-refractivity contribution is -0.116. The molecule has 0 spiro atoms. The zero-order valence-corrected chi connectivity index (χ0v) is 17.2. The van der Waals surface area contributed by atoms with Gasteiger partial charge < -0.3 is 14.8 Å². The zero-order valence-electron chi connectivity index (χ0n) is 15.7. The molecule has 0 aromatic heterocycles. The molecule has 0 atom stereocenters. The second-order valence-corrected chi connectivity index (χ2v) is 6.93. The third-order valence-corrected chi connectivity index (χ3v) is 4.46. The summed E-state index contributed by atoms with van der Waals surface area (Å²) in [5.74, 6) is 1.35. The van der Waals surface area contributed by atoms with Crippen LogP contribution in [0.15, 0.2) is 36.4 Å². The Bertz CT molecular complexity index is 765. The number of ether oxygens (including phenoxy) is 2. The maximum Gasteiger partial charge on any atom is 0.224 e. The SMILES string of the molecule is CCCCOc1ccc(CCC(=O)Nc2ccc(Cl)cc2Cl)cc1OCC. The summed E-state index contributed by atoms with van der Waals surface area (Å²) in [5, 5.41) is 3.76. The van der Waals surface area contributed by atoms with Gasteiger partial charge in [0.1, 0.15) is 0 Å². The van der Waals surface area contributed by atoms with Crippen LogP contribution in [0.1, 0.15) is 38.7 Å². The van der Waals surface area contributed by atoms with Gasteiger partial charge in [0.25, 0.3) is 0 Å². The molecule has 0 saturated heterocycles. The molecule has 0 fully saturated rings. The number of nitrogens with one attached hydrogen (secondary N) is 1. The highest BCUT2D eigenvalue weighted by atomic mass is 35.5. The second kappa shape index (κ2) is 11.1. The Hall–Kier alpha value is -1.91. The summed E-state index contributed by atoms with van der Waals surface area (Å²) in [6.45, 7) is 5.29. The summed E-state index contributed by atoms with van der Waals surface area (Å²) < 4.78 is 11.5. The van der Waals surface area contributed by atoms with E-state index < -0.39 is 0 Å². The standard InChI is InChI=1S/C21H25Cl2NO3/c1-3-5-12-27-19-10-6-15(13-20(19)26-4-2)7-11-21(25)24-18-9-8-16(22)14-17(18)23/h6,8-10,13-14H,3-5,7,11-12H2,1-2H3,(H,24,25). The number of halogens is 2. The number of hydrogen-bond acceptors (Lipinski definition) is 3. The molecule has 27 heavy (non-hydrogen) atoms. The lowest BCUT2D eigenvalue weighted by Crippen LogP contribution is -2.12. The summed E-state index contributed by atoms with van der Waals surface area (Å²) >= 11 is 12.0. The van der Waals surface area contributed by atoms with Gasteiger partial charge in [-0.2, -0.15) is 0 Å². The molecular weight excluding hydrogens is 385 g/mol. The first-order chi connectivity index (χ1) is 13.0. The molecule has 6 heteroatoms. The topological polar surface area (TPSA) is 47.6 Å². The van der Waals surface area contributed by atoms with Crippen LogP contribution in [0, 0.1) is 0 Å². The van der Waals surface area contributed by atoms with Gasteiger partial charge in [-0.3, -0.25) is 4.79 Å². The summed E-state index contributed by atoms with van der Waals surface area (Å²) in [7, 11) is 0. The first-order valence-electron chi connectivity index (χ1n) is 9.17. The molecule has 0 aliphatic carbocycles. The van der Waals surface area contributed by atoms with E-state index in [1.807, 2.05) is 25.1 Å². The highest BCUT2D eigenvalue weighted by Crippen LogP contribution is 2.29. The number of benzene rings is 2. The number of amides is 1. The van der Waals surface area contributed by atoms with Crippen molar-refractivity contribution in [3.05, 3.63) is 52.0 Å². The van der Waals surface area contributed by atoms with Crippen molar-refractivity contribution in [2.24, 2.45) is 0 Å². The largest absolute Gasteiger partial charge is 0.490 e. The van der Waals surface area contributed by atoms with Crippen molar-refractivity contribution in [1.82, 2.24) is 0 Å². The van der Waals surface area contributed by atoms with E-state index in [0.717, 1.165) is 24.2 Å². The van der Waals surface area contributed by atoms with Gasteiger partial charge in [0.2, 0.25) is 5.91 Å². The fraction of sp³-hybridized carbons (Fsp3) is 0.381. The van der Waals surface area contributed by atoms with Gasteiger partial charge in [-0.1, -0.05) is 42.6 Å². The molecule has 0 radical (unpaired) electrons. The van der Waals surface area contributed by atoms with Crippen LogP contribution in [0.4, 0.5) is 5.69 Å². The molecule has 2 aromatic rings. The molecule has 4 nitrogen and oxygen atoms in total. The third-order valence-electron chi connectivity index (χ3n) is 3.91. The number of carbonyl (C=O) groups excluding carboxylic acids is 1. The van der Waals surface area contributed by atoms with Crippen LogP contribution in [0.5, 0.6) is 11.5 Å². The maximum absolute atomic E-state index is 12.2. The first kappa shape index (κ1) is 21.4. The van der Waals surface area contributed by atoms with Gasteiger partial charge in [0.05, 0.1) is 23.9 Å². The van der Waals surface area contributed by atoms with Crippen LogP contribution in [0.25, 0.3) is 0 Å². The van der Waals surface area contributed by atoms with E-state index in [-0.39, 0.29) is 5.91 Å². The Morgan fingerprint density at radius 2 is 1.85 bits per heavy atom. The molecule has 0 aliphatic rings. The molecule has 0 saturated carbocycles. The maximum atomic E-state index is 12.2. The lowest BCUT2D eigenvalue weighted by Gasteiger charge is -2.13. The van der Waals surface area contributed by atoms with E-state index in [1.54, 1.807) is 18.2 Å². The van der Waals surface area contributed by atoms with E-state index in [0.29, 0.717) is 47.5 Å². The molecule has 1 N–H and O–H groups in total. The van der Waals surface area contributed by atoms with E-state index in [1.165, 1.54) is 0 Å². The Balaban J connectivity index is 1.95. The van der Waals surface area contributed by atoms with Crippen molar-refractivity contribution in [3.63, 3.8) is 0 Å². The van der Waals surface area contributed by atoms with Crippen molar-refractivity contribution in [3.8, 4) is 11.5 Å². The van der Waals surface area contributed by atoms with Gasteiger partial charge in [-0.15, -0.1) is 0 Å². The summed E-state index contributed by atoms with van der Waals surface area (Å²) in [4.78, 5) is 12.2. The Labute approximate surface area is 170 Å². The minimum Gasteiger partial charge on any atom is -0.490 e. The number of anilines is 1. The molecule has 0 unspecified atom stereocenters. The quantitative estimate of drug-likeness (QED) is 0.479. The van der Waals surface area contributed by atoms with Crippen molar-refractivity contribution in [2.45, 2.75) is 39.5 Å². The fourth-order valence-corrected chi connectivity index (χ4v) is 2.94. The molecule has 2 aromatic carbocycles. The van der Waals surface area contributed by atoms with Gasteiger partial charge >= 0.3 is 0 Å². The zero-order chi connectivity index (χ0) is 19.6. The number of rotatable bonds is 10. The molecule has 0 bridgehead atoms. The van der Waals surface area contributed by atoms with Crippen LogP contribution < -0.4 is 14.8 Å². The molecule has 0 heterocycles. The number of unbranched alkanes of at least 4 members (excludes halogenated alkanes) is 1. The number of hydrogen-bond donors (Lipinski definition) is 1. The third kappa shape index (κ3) is 6.96. The van der Waals surface area contributed by atoms with Crippen molar-refractivity contribution in [2.75, 3.05) is 18.5 Å². The Kier molecular flexibility index (Phi) is 8.76. The minimum atomic E-state index is -0.111. The normalized spacial score (nSPS) is 10.5. The second-order valence-electron chi connectivity index (χ2n) is 6.09. The summed E-state index contributed by atoms with van der Waals surface area (Å²) in [6.07, 6.45) is 3.00. The highest BCUT2D eigenvalue weighted by Gasteiger charge is 2.10. The molecule has 1 amide bonds. The summed E-state index contributed by atoms with van der Waals surface area (Å²) in [5.41, 5.74) is 1.57. The smallest absolute Gasteiger partial charge is 0.224 e. The van der Waals surface area contributed by atoms with E-state index in [9.17, 15) is 4.79 Å². The van der Waals surface area contributed by atoms with Crippen LogP contribution >= 0.6 is 23.2 Å². The van der Waals surface area contributed by atoms with Crippen molar-refractivity contribution < 1.29 is 14.3 Å². The predicted molar refractivity (Wildman–Crippen MR) is 111 cm³/mol. The first-order valence-corrected chi connectivity index (χ1v) is 9.92. The average molecular weight is 410 g/mol. The minimum absolute atomic E-state index is 0.111. The van der Waals surface area contributed by atoms with Crippen LogP contribution in [-0.4, -0.2) is 19.1 Å². The molecular formula is C21H25Cl2NO3.